The van der Waals surface area contributed by atoms with Crippen LogP contribution in [0.2, 0.25) is 0 Å². The third-order valence-electron chi connectivity index (χ3n) is 3.36. The minimum absolute atomic E-state index is 0.953. The Kier molecular flexibility index (Phi) is 3.99. The van der Waals surface area contributed by atoms with Crippen LogP contribution in [0, 0.1) is 5.92 Å². The first-order valence-electron chi connectivity index (χ1n) is 6.52. The molecular weight excluding hydrogens is 198 g/mol. The molecule has 1 aliphatic carbocycles. The molecule has 0 saturated heterocycles. The molecular formula is C13H23N3. The SMILES string of the molecule is CCc1cc(CNCCCC2CC2)n(C)n1. The Labute approximate surface area is 98.2 Å². The van der Waals surface area contributed by atoms with Gasteiger partial charge in [-0.15, -0.1) is 0 Å². The van der Waals surface area contributed by atoms with Crippen molar-refractivity contribution in [3.63, 3.8) is 0 Å². The lowest BCUT2D eigenvalue weighted by Crippen LogP contribution is -2.17. The van der Waals surface area contributed by atoms with E-state index in [0.717, 1.165) is 25.4 Å². The van der Waals surface area contributed by atoms with Crippen molar-refractivity contribution in [3.05, 3.63) is 17.5 Å². The van der Waals surface area contributed by atoms with Gasteiger partial charge in [-0.1, -0.05) is 19.8 Å². The summed E-state index contributed by atoms with van der Waals surface area (Å²) in [6.45, 7) is 4.24. The summed E-state index contributed by atoms with van der Waals surface area (Å²) < 4.78 is 1.99. The van der Waals surface area contributed by atoms with E-state index in [1.807, 2.05) is 11.7 Å². The summed E-state index contributed by atoms with van der Waals surface area (Å²) in [5.41, 5.74) is 2.49. The third-order valence-corrected chi connectivity index (χ3v) is 3.36. The van der Waals surface area contributed by atoms with Crippen LogP contribution in [0.15, 0.2) is 6.07 Å². The van der Waals surface area contributed by atoms with Crippen LogP contribution in [0.5, 0.6) is 0 Å². The Morgan fingerprint density at radius 2 is 2.31 bits per heavy atom. The highest BCUT2D eigenvalue weighted by molar-refractivity contribution is 5.09. The molecule has 1 aromatic rings. The Bertz CT molecular complexity index is 326. The van der Waals surface area contributed by atoms with Crippen molar-refractivity contribution in [1.29, 1.82) is 0 Å². The van der Waals surface area contributed by atoms with Crippen LogP contribution < -0.4 is 5.32 Å². The van der Waals surface area contributed by atoms with Crippen molar-refractivity contribution in [3.8, 4) is 0 Å². The van der Waals surface area contributed by atoms with Crippen LogP contribution in [-0.2, 0) is 20.0 Å². The quantitative estimate of drug-likeness (QED) is 0.716. The highest BCUT2D eigenvalue weighted by atomic mass is 15.3. The van der Waals surface area contributed by atoms with Gasteiger partial charge in [0.2, 0.25) is 0 Å². The zero-order valence-electron chi connectivity index (χ0n) is 10.5. The smallest absolute Gasteiger partial charge is 0.0625 e. The Morgan fingerprint density at radius 3 is 2.94 bits per heavy atom. The average Bonchev–Trinajstić information content (AvgIpc) is 3.03. The van der Waals surface area contributed by atoms with Gasteiger partial charge >= 0.3 is 0 Å². The lowest BCUT2D eigenvalue weighted by molar-refractivity contribution is 0.573. The van der Waals surface area contributed by atoms with Crippen molar-refractivity contribution in [1.82, 2.24) is 15.1 Å². The summed E-state index contributed by atoms with van der Waals surface area (Å²) >= 11 is 0. The van der Waals surface area contributed by atoms with Gasteiger partial charge in [0.05, 0.1) is 11.4 Å². The molecule has 1 N–H and O–H groups in total. The predicted octanol–water partition coefficient (Wildman–Crippen LogP) is 2.26. The second-order valence-electron chi connectivity index (χ2n) is 4.87. The van der Waals surface area contributed by atoms with Crippen molar-refractivity contribution >= 4 is 0 Å². The molecule has 0 spiro atoms. The minimum Gasteiger partial charge on any atom is -0.311 e. The second-order valence-corrected chi connectivity index (χ2v) is 4.87. The van der Waals surface area contributed by atoms with Crippen molar-refractivity contribution in [2.24, 2.45) is 13.0 Å². The van der Waals surface area contributed by atoms with E-state index in [9.17, 15) is 0 Å². The maximum absolute atomic E-state index is 4.44. The first-order valence-corrected chi connectivity index (χ1v) is 6.52. The summed E-state index contributed by atoms with van der Waals surface area (Å²) in [6, 6.07) is 2.20. The zero-order chi connectivity index (χ0) is 11.4. The zero-order valence-corrected chi connectivity index (χ0v) is 10.5. The van der Waals surface area contributed by atoms with E-state index in [1.54, 1.807) is 0 Å². The molecule has 0 atom stereocenters. The summed E-state index contributed by atoms with van der Waals surface area (Å²) in [4.78, 5) is 0. The Morgan fingerprint density at radius 1 is 1.50 bits per heavy atom. The molecule has 0 bridgehead atoms. The molecule has 2 rings (SSSR count). The van der Waals surface area contributed by atoms with E-state index >= 15 is 0 Å². The van der Waals surface area contributed by atoms with Crippen LogP contribution >= 0.6 is 0 Å². The van der Waals surface area contributed by atoms with E-state index in [1.165, 1.54) is 37.1 Å². The number of hydrogen-bond donors (Lipinski definition) is 1. The van der Waals surface area contributed by atoms with Crippen molar-refractivity contribution in [2.75, 3.05) is 6.54 Å². The average molecular weight is 221 g/mol. The van der Waals surface area contributed by atoms with Crippen LogP contribution in [0.25, 0.3) is 0 Å². The molecule has 0 radical (unpaired) electrons. The first kappa shape index (κ1) is 11.6. The molecule has 0 unspecified atom stereocenters. The predicted molar refractivity (Wildman–Crippen MR) is 66.3 cm³/mol. The number of aryl methyl sites for hydroxylation is 2. The third kappa shape index (κ3) is 3.34. The molecule has 1 aromatic heterocycles. The van der Waals surface area contributed by atoms with Gasteiger partial charge in [0, 0.05) is 13.6 Å². The first-order chi connectivity index (χ1) is 7.79. The van der Waals surface area contributed by atoms with E-state index in [-0.39, 0.29) is 0 Å². The van der Waals surface area contributed by atoms with Crippen molar-refractivity contribution in [2.45, 2.75) is 45.6 Å². The van der Waals surface area contributed by atoms with E-state index in [4.69, 9.17) is 0 Å². The van der Waals surface area contributed by atoms with Gasteiger partial charge in [0.15, 0.2) is 0 Å². The molecule has 0 aliphatic heterocycles. The highest BCUT2D eigenvalue weighted by Gasteiger charge is 2.19. The molecule has 3 nitrogen and oxygen atoms in total. The maximum atomic E-state index is 4.44. The van der Waals surface area contributed by atoms with Gasteiger partial charge in [0.1, 0.15) is 0 Å². The van der Waals surface area contributed by atoms with Crippen LogP contribution in [0.1, 0.15) is 44.0 Å². The summed E-state index contributed by atoms with van der Waals surface area (Å²) in [7, 11) is 2.03. The molecule has 16 heavy (non-hydrogen) atoms. The van der Waals surface area contributed by atoms with Gasteiger partial charge in [-0.25, -0.2) is 0 Å². The summed E-state index contributed by atoms with van der Waals surface area (Å²) in [5, 5.41) is 7.95. The van der Waals surface area contributed by atoms with Gasteiger partial charge in [-0.05, 0) is 37.8 Å². The fourth-order valence-corrected chi connectivity index (χ4v) is 2.05. The molecule has 0 amide bonds. The van der Waals surface area contributed by atoms with Crippen LogP contribution in [0.4, 0.5) is 0 Å². The second kappa shape index (κ2) is 5.48. The molecule has 0 aromatic carbocycles. The molecule has 1 fully saturated rings. The maximum Gasteiger partial charge on any atom is 0.0625 e. The van der Waals surface area contributed by atoms with Gasteiger partial charge < -0.3 is 5.32 Å². The van der Waals surface area contributed by atoms with Gasteiger partial charge in [-0.3, -0.25) is 4.68 Å². The number of rotatable bonds is 7. The summed E-state index contributed by atoms with van der Waals surface area (Å²) in [5.74, 6) is 1.06. The fraction of sp³-hybridized carbons (Fsp3) is 0.769. The largest absolute Gasteiger partial charge is 0.311 e. The molecule has 90 valence electrons. The minimum atomic E-state index is 0.953. The van der Waals surface area contributed by atoms with Gasteiger partial charge in [-0.2, -0.15) is 5.10 Å². The topological polar surface area (TPSA) is 29.9 Å². The fourth-order valence-electron chi connectivity index (χ4n) is 2.05. The highest BCUT2D eigenvalue weighted by Crippen LogP contribution is 2.33. The van der Waals surface area contributed by atoms with E-state index < -0.39 is 0 Å². The number of aromatic nitrogens is 2. The summed E-state index contributed by atoms with van der Waals surface area (Å²) in [6.07, 6.45) is 6.71. The molecule has 1 heterocycles. The van der Waals surface area contributed by atoms with Crippen LogP contribution in [-0.4, -0.2) is 16.3 Å². The van der Waals surface area contributed by atoms with E-state index in [2.05, 4.69) is 23.4 Å². The van der Waals surface area contributed by atoms with Gasteiger partial charge in [0.25, 0.3) is 0 Å². The van der Waals surface area contributed by atoms with E-state index in [0.29, 0.717) is 0 Å². The molecule has 1 saturated carbocycles. The Balaban J connectivity index is 1.65. The number of hydrogen-bond acceptors (Lipinski definition) is 2. The molecule has 1 aliphatic rings. The van der Waals surface area contributed by atoms with Crippen LogP contribution in [0.3, 0.4) is 0 Å². The van der Waals surface area contributed by atoms with Crippen molar-refractivity contribution < 1.29 is 0 Å². The number of nitrogens with one attached hydrogen (secondary N) is 1. The monoisotopic (exact) mass is 221 g/mol. The lowest BCUT2D eigenvalue weighted by Gasteiger charge is -2.04. The standard InChI is InChI=1S/C13H23N3/c1-3-12-9-13(16(2)15-12)10-14-8-4-5-11-6-7-11/h9,11,14H,3-8,10H2,1-2H3. The number of nitrogens with zero attached hydrogens (tertiary/aromatic N) is 2. The lowest BCUT2D eigenvalue weighted by atomic mass is 10.2. The Hall–Kier alpha value is -0.830. The normalized spacial score (nSPS) is 15.6. The molecule has 3 heteroatoms.